The van der Waals surface area contributed by atoms with Crippen molar-refractivity contribution in [2.45, 2.75) is 19.4 Å². The monoisotopic (exact) mass is 340 g/mol. The minimum atomic E-state index is -0.390. The molecule has 0 bridgehead atoms. The Hall–Kier alpha value is -2.93. The van der Waals surface area contributed by atoms with E-state index in [-0.39, 0.29) is 18.0 Å². The van der Waals surface area contributed by atoms with E-state index in [0.29, 0.717) is 43.0 Å². The van der Waals surface area contributed by atoms with Gasteiger partial charge in [0.2, 0.25) is 5.91 Å². The fourth-order valence-electron chi connectivity index (χ4n) is 3.02. The topological polar surface area (TPSA) is 102 Å². The number of nitrogens with zero attached hydrogens (tertiary/aromatic N) is 2. The number of nitro groups is 1. The molecule has 0 fully saturated rings. The molecular weight excluding hydrogens is 320 g/mol. The van der Waals surface area contributed by atoms with Crippen LogP contribution in [0.2, 0.25) is 0 Å². The summed E-state index contributed by atoms with van der Waals surface area (Å²) in [6.45, 7) is 1.63. The lowest BCUT2D eigenvalue weighted by molar-refractivity contribution is -0.384. The number of carbonyl (C=O) groups is 1. The number of carbonyl (C=O) groups excluding carboxylic acids is 1. The van der Waals surface area contributed by atoms with E-state index in [0.717, 1.165) is 5.56 Å². The summed E-state index contributed by atoms with van der Waals surface area (Å²) in [5, 5.41) is 14.3. The van der Waals surface area contributed by atoms with Gasteiger partial charge in [-0.3, -0.25) is 14.9 Å². The van der Waals surface area contributed by atoms with Crippen LogP contribution in [0.15, 0.2) is 42.5 Å². The van der Waals surface area contributed by atoms with Gasteiger partial charge in [-0.15, -0.1) is 0 Å². The van der Waals surface area contributed by atoms with Gasteiger partial charge in [0, 0.05) is 24.8 Å². The minimum Gasteiger partial charge on any atom is -0.362 e. The van der Waals surface area contributed by atoms with E-state index in [1.807, 2.05) is 35.2 Å². The Bertz CT molecular complexity index is 792. The number of hydrogen-bond acceptors (Lipinski definition) is 5. The second-order valence-electron chi connectivity index (χ2n) is 6.03. The Balaban J connectivity index is 2.00. The van der Waals surface area contributed by atoms with E-state index in [2.05, 4.69) is 5.32 Å². The van der Waals surface area contributed by atoms with Gasteiger partial charge < -0.3 is 16.0 Å². The van der Waals surface area contributed by atoms with E-state index >= 15 is 0 Å². The molecule has 0 radical (unpaired) electrons. The van der Waals surface area contributed by atoms with Gasteiger partial charge in [-0.2, -0.15) is 0 Å². The molecule has 0 saturated heterocycles. The summed E-state index contributed by atoms with van der Waals surface area (Å²) in [6.07, 6.45) is 0.894. The van der Waals surface area contributed by atoms with Crippen LogP contribution < -0.4 is 16.0 Å². The third kappa shape index (κ3) is 3.77. The number of hydrogen-bond donors (Lipinski definition) is 2. The Morgan fingerprint density at radius 3 is 2.68 bits per heavy atom. The molecule has 2 aromatic rings. The molecule has 130 valence electrons. The van der Waals surface area contributed by atoms with Crippen molar-refractivity contribution in [3.8, 4) is 0 Å². The number of nitro benzene ring substituents is 1. The zero-order valence-corrected chi connectivity index (χ0v) is 13.8. The first-order valence-corrected chi connectivity index (χ1v) is 8.18. The van der Waals surface area contributed by atoms with Gasteiger partial charge in [0.1, 0.15) is 5.69 Å². The molecular formula is C18H20N4O3. The average Bonchev–Trinajstić information content (AvgIpc) is 2.97. The number of nitrogens with one attached hydrogen (secondary N) is 1. The lowest BCUT2D eigenvalue weighted by atomic mass is 10.1. The summed E-state index contributed by atoms with van der Waals surface area (Å²) < 4.78 is 0. The van der Waals surface area contributed by atoms with Gasteiger partial charge in [0.25, 0.3) is 5.69 Å². The smallest absolute Gasteiger partial charge is 0.292 e. The van der Waals surface area contributed by atoms with Crippen molar-refractivity contribution in [2.75, 3.05) is 23.3 Å². The van der Waals surface area contributed by atoms with Crippen LogP contribution in [0.3, 0.4) is 0 Å². The quantitative estimate of drug-likeness (QED) is 0.595. The lowest BCUT2D eigenvalue weighted by Gasteiger charge is -2.25. The van der Waals surface area contributed by atoms with Crippen LogP contribution in [-0.4, -0.2) is 23.9 Å². The number of benzene rings is 2. The molecule has 1 amide bonds. The van der Waals surface area contributed by atoms with Crippen molar-refractivity contribution >= 4 is 23.0 Å². The van der Waals surface area contributed by atoms with Gasteiger partial charge in [-0.1, -0.05) is 30.3 Å². The predicted molar refractivity (Wildman–Crippen MR) is 96.6 cm³/mol. The number of amides is 1. The van der Waals surface area contributed by atoms with Crippen LogP contribution in [0.4, 0.5) is 17.1 Å². The second-order valence-corrected chi connectivity index (χ2v) is 6.03. The Morgan fingerprint density at radius 1 is 1.24 bits per heavy atom. The van der Waals surface area contributed by atoms with Crippen molar-refractivity contribution in [2.24, 2.45) is 5.73 Å². The highest BCUT2D eigenvalue weighted by atomic mass is 16.6. The number of fused-ring (bicyclic) bond motifs is 1. The molecule has 25 heavy (non-hydrogen) atoms. The molecule has 0 spiro atoms. The molecule has 3 rings (SSSR count). The van der Waals surface area contributed by atoms with E-state index in [9.17, 15) is 14.9 Å². The standard InChI is InChI=1S/C18H20N4O3/c19-7-4-8-21(12-13-5-2-1-3-6-13)16-11-15-14(10-18(23)20-15)9-17(16)22(24)25/h1-3,5-6,9,11H,4,7-8,10,12,19H2,(H,20,23). The maximum absolute atomic E-state index is 11.6. The van der Waals surface area contributed by atoms with E-state index in [1.165, 1.54) is 6.07 Å². The van der Waals surface area contributed by atoms with Crippen molar-refractivity contribution in [3.05, 3.63) is 63.7 Å². The minimum absolute atomic E-state index is 0.0169. The molecule has 0 aliphatic carbocycles. The molecule has 7 nitrogen and oxygen atoms in total. The summed E-state index contributed by atoms with van der Waals surface area (Å²) in [6, 6.07) is 13.0. The maximum Gasteiger partial charge on any atom is 0.292 e. The first-order chi connectivity index (χ1) is 12.1. The summed E-state index contributed by atoms with van der Waals surface area (Å²) in [7, 11) is 0. The largest absolute Gasteiger partial charge is 0.362 e. The fraction of sp³-hybridized carbons (Fsp3) is 0.278. The van der Waals surface area contributed by atoms with Crippen LogP contribution in [0.5, 0.6) is 0 Å². The van der Waals surface area contributed by atoms with Gasteiger partial charge in [-0.05, 0) is 30.2 Å². The Labute approximate surface area is 145 Å². The van der Waals surface area contributed by atoms with Gasteiger partial charge in [0.15, 0.2) is 0 Å². The molecule has 1 heterocycles. The number of anilines is 2. The molecule has 2 aromatic carbocycles. The molecule has 1 aliphatic rings. The highest BCUT2D eigenvalue weighted by Crippen LogP contribution is 2.37. The molecule has 3 N–H and O–H groups in total. The predicted octanol–water partition coefficient (Wildman–Crippen LogP) is 2.44. The summed E-state index contributed by atoms with van der Waals surface area (Å²) in [5.74, 6) is -0.141. The highest BCUT2D eigenvalue weighted by molar-refractivity contribution is 6.00. The maximum atomic E-state index is 11.6. The van der Waals surface area contributed by atoms with Gasteiger partial charge in [0.05, 0.1) is 11.3 Å². The molecule has 0 atom stereocenters. The van der Waals surface area contributed by atoms with Crippen molar-refractivity contribution in [1.29, 1.82) is 0 Å². The zero-order valence-electron chi connectivity index (χ0n) is 13.8. The highest BCUT2D eigenvalue weighted by Gasteiger charge is 2.27. The molecule has 7 heteroatoms. The van der Waals surface area contributed by atoms with Crippen LogP contribution in [0.25, 0.3) is 0 Å². The van der Waals surface area contributed by atoms with Gasteiger partial charge >= 0.3 is 0 Å². The van der Waals surface area contributed by atoms with Gasteiger partial charge in [-0.25, -0.2) is 0 Å². The zero-order chi connectivity index (χ0) is 17.8. The van der Waals surface area contributed by atoms with E-state index in [4.69, 9.17) is 5.73 Å². The molecule has 1 aliphatic heterocycles. The fourth-order valence-corrected chi connectivity index (χ4v) is 3.02. The third-order valence-corrected chi connectivity index (χ3v) is 4.21. The third-order valence-electron chi connectivity index (χ3n) is 4.21. The van der Waals surface area contributed by atoms with Crippen LogP contribution in [-0.2, 0) is 17.8 Å². The van der Waals surface area contributed by atoms with Crippen molar-refractivity contribution in [3.63, 3.8) is 0 Å². The number of rotatable bonds is 7. The van der Waals surface area contributed by atoms with Crippen molar-refractivity contribution < 1.29 is 9.72 Å². The van der Waals surface area contributed by atoms with E-state index in [1.54, 1.807) is 6.07 Å². The normalized spacial score (nSPS) is 12.6. The summed E-state index contributed by atoms with van der Waals surface area (Å²) in [5.41, 5.74) is 8.53. The summed E-state index contributed by atoms with van der Waals surface area (Å²) >= 11 is 0. The molecule has 0 saturated carbocycles. The molecule has 0 aromatic heterocycles. The Kier molecular flexibility index (Phi) is 4.95. The first-order valence-electron chi connectivity index (χ1n) is 8.18. The Morgan fingerprint density at radius 2 is 2.00 bits per heavy atom. The molecule has 0 unspecified atom stereocenters. The van der Waals surface area contributed by atoms with Crippen LogP contribution in [0.1, 0.15) is 17.5 Å². The SMILES string of the molecule is NCCCN(Cc1ccccc1)c1cc2c(cc1[N+](=O)[O-])CC(=O)N2. The lowest BCUT2D eigenvalue weighted by Crippen LogP contribution is -2.26. The summed E-state index contributed by atoms with van der Waals surface area (Å²) in [4.78, 5) is 24.8. The number of nitrogens with two attached hydrogens (primary N) is 1. The van der Waals surface area contributed by atoms with Crippen LogP contribution >= 0.6 is 0 Å². The first kappa shape index (κ1) is 16.9. The van der Waals surface area contributed by atoms with Crippen LogP contribution in [0, 0.1) is 10.1 Å². The van der Waals surface area contributed by atoms with E-state index < -0.39 is 4.92 Å². The second kappa shape index (κ2) is 7.31. The van der Waals surface area contributed by atoms with Crippen molar-refractivity contribution in [1.82, 2.24) is 0 Å². The average molecular weight is 340 g/mol.